The van der Waals surface area contributed by atoms with E-state index >= 15 is 0 Å². The second kappa shape index (κ2) is 8.80. The number of hydrogen-bond donors (Lipinski definition) is 1. The number of fused-ring (bicyclic) bond motifs is 1. The Morgan fingerprint density at radius 2 is 1.58 bits per heavy atom. The Morgan fingerprint density at radius 1 is 1.00 bits per heavy atom. The van der Waals surface area contributed by atoms with E-state index in [-0.39, 0.29) is 0 Å². The van der Waals surface area contributed by atoms with Crippen LogP contribution in [0.1, 0.15) is 67.2 Å². The molecule has 2 rings (SSSR count). The molecule has 0 bridgehead atoms. The second-order valence-electron chi connectivity index (χ2n) is 7.13. The Labute approximate surface area is 153 Å². The summed E-state index contributed by atoms with van der Waals surface area (Å²) in [6.07, 6.45) is 2.92. The van der Waals surface area contributed by atoms with E-state index in [4.69, 9.17) is 9.57 Å². The van der Waals surface area contributed by atoms with Gasteiger partial charge in [-0.1, -0.05) is 25.0 Å². The number of hydrogen-bond acceptors (Lipinski definition) is 5. The molecule has 0 radical (unpaired) electrons. The molecule has 0 atom stereocenters. The number of imide groups is 1. The molecular formula is C19H26N2O5. The van der Waals surface area contributed by atoms with Gasteiger partial charge in [0.1, 0.15) is 5.60 Å². The van der Waals surface area contributed by atoms with E-state index in [1.54, 1.807) is 24.3 Å². The largest absolute Gasteiger partial charge is 0.444 e. The van der Waals surface area contributed by atoms with Crippen LogP contribution >= 0.6 is 0 Å². The number of amides is 3. The van der Waals surface area contributed by atoms with E-state index in [1.165, 1.54) is 0 Å². The molecule has 1 heterocycles. The van der Waals surface area contributed by atoms with Crippen molar-refractivity contribution in [2.45, 2.75) is 52.1 Å². The van der Waals surface area contributed by atoms with Gasteiger partial charge in [0.05, 0.1) is 17.7 Å². The number of hydroxylamine groups is 2. The minimum atomic E-state index is -0.495. The summed E-state index contributed by atoms with van der Waals surface area (Å²) in [7, 11) is 0. The molecule has 142 valence electrons. The quantitative estimate of drug-likeness (QED) is 0.566. The second-order valence-corrected chi connectivity index (χ2v) is 7.13. The summed E-state index contributed by atoms with van der Waals surface area (Å²) < 4.78 is 5.15. The molecule has 3 amide bonds. The van der Waals surface area contributed by atoms with Crippen LogP contribution in [-0.2, 0) is 9.57 Å². The molecular weight excluding hydrogens is 336 g/mol. The lowest BCUT2D eigenvalue weighted by molar-refractivity contribution is -0.0922. The number of ether oxygens (including phenoxy) is 1. The third-order valence-corrected chi connectivity index (χ3v) is 3.72. The summed E-state index contributed by atoms with van der Waals surface area (Å²) in [4.78, 5) is 41.0. The van der Waals surface area contributed by atoms with Gasteiger partial charge in [0.15, 0.2) is 0 Å². The molecule has 26 heavy (non-hydrogen) atoms. The average molecular weight is 362 g/mol. The number of nitrogens with one attached hydrogen (secondary N) is 1. The number of unbranched alkanes of at least 4 members (excludes halogenated alkanes) is 3. The summed E-state index contributed by atoms with van der Waals surface area (Å²) in [5, 5.41) is 3.55. The topological polar surface area (TPSA) is 84.9 Å². The van der Waals surface area contributed by atoms with Gasteiger partial charge < -0.3 is 10.1 Å². The number of carbonyl (C=O) groups is 3. The van der Waals surface area contributed by atoms with Crippen molar-refractivity contribution < 1.29 is 24.0 Å². The molecule has 0 aliphatic carbocycles. The first-order valence-corrected chi connectivity index (χ1v) is 8.87. The van der Waals surface area contributed by atoms with E-state index in [2.05, 4.69) is 5.32 Å². The van der Waals surface area contributed by atoms with E-state index in [1.807, 2.05) is 20.8 Å². The fourth-order valence-corrected chi connectivity index (χ4v) is 2.53. The van der Waals surface area contributed by atoms with Crippen molar-refractivity contribution in [2.24, 2.45) is 0 Å². The summed E-state index contributed by atoms with van der Waals surface area (Å²) >= 11 is 0. The van der Waals surface area contributed by atoms with Crippen LogP contribution in [0, 0.1) is 0 Å². The first-order valence-electron chi connectivity index (χ1n) is 8.87. The summed E-state index contributed by atoms with van der Waals surface area (Å²) in [6, 6.07) is 6.69. The Kier molecular flexibility index (Phi) is 6.74. The normalized spacial score (nSPS) is 13.7. The number of nitrogens with zero attached hydrogens (tertiary/aromatic N) is 1. The molecule has 7 heteroatoms. The summed E-state index contributed by atoms with van der Waals surface area (Å²) in [5.74, 6) is -0.820. The lowest BCUT2D eigenvalue weighted by atomic mass is 10.1. The Hall–Kier alpha value is -2.41. The standard InChI is InChI=1S/C19H26N2O5/c1-19(2,3)26-18(24)20-12-8-4-5-9-13-25-21-16(22)14-10-6-7-11-15(14)17(21)23/h6-7,10-11H,4-5,8-9,12-13H2,1-3H3,(H,20,24). The maximum Gasteiger partial charge on any atom is 0.407 e. The van der Waals surface area contributed by atoms with Gasteiger partial charge in [-0.3, -0.25) is 14.4 Å². The van der Waals surface area contributed by atoms with Gasteiger partial charge in [0, 0.05) is 6.54 Å². The highest BCUT2D eigenvalue weighted by Gasteiger charge is 2.36. The van der Waals surface area contributed by atoms with Crippen LogP contribution in [0.4, 0.5) is 4.79 Å². The zero-order valence-corrected chi connectivity index (χ0v) is 15.5. The van der Waals surface area contributed by atoms with Gasteiger partial charge in [0.2, 0.25) is 0 Å². The van der Waals surface area contributed by atoms with Crippen molar-refractivity contribution in [1.82, 2.24) is 10.4 Å². The highest BCUT2D eigenvalue weighted by atomic mass is 16.7. The number of carbonyl (C=O) groups excluding carboxylic acids is 3. The van der Waals surface area contributed by atoms with Crippen molar-refractivity contribution in [1.29, 1.82) is 0 Å². The zero-order valence-electron chi connectivity index (χ0n) is 15.5. The highest BCUT2D eigenvalue weighted by molar-refractivity contribution is 6.20. The molecule has 1 aromatic rings. The molecule has 0 saturated heterocycles. The third kappa shape index (κ3) is 5.56. The van der Waals surface area contributed by atoms with Crippen LogP contribution in [0.25, 0.3) is 0 Å². The molecule has 1 aliphatic heterocycles. The van der Waals surface area contributed by atoms with Crippen LogP contribution in [-0.4, -0.2) is 41.7 Å². The maximum atomic E-state index is 12.1. The zero-order chi connectivity index (χ0) is 19.2. The fraction of sp³-hybridized carbons (Fsp3) is 0.526. The van der Waals surface area contributed by atoms with Crippen molar-refractivity contribution in [3.63, 3.8) is 0 Å². The van der Waals surface area contributed by atoms with Crippen LogP contribution in [0.2, 0.25) is 0 Å². The van der Waals surface area contributed by atoms with Gasteiger partial charge in [-0.25, -0.2) is 4.79 Å². The minimum absolute atomic E-state index is 0.297. The van der Waals surface area contributed by atoms with Crippen molar-refractivity contribution in [2.75, 3.05) is 13.2 Å². The number of alkyl carbamates (subject to hydrolysis) is 1. The van der Waals surface area contributed by atoms with Crippen LogP contribution in [0.5, 0.6) is 0 Å². The highest BCUT2D eigenvalue weighted by Crippen LogP contribution is 2.22. The lowest BCUT2D eigenvalue weighted by Gasteiger charge is -2.19. The molecule has 7 nitrogen and oxygen atoms in total. The van der Waals surface area contributed by atoms with Crippen molar-refractivity contribution >= 4 is 17.9 Å². The molecule has 0 spiro atoms. The first-order chi connectivity index (χ1) is 12.3. The van der Waals surface area contributed by atoms with Gasteiger partial charge in [-0.15, -0.1) is 5.06 Å². The average Bonchev–Trinajstić information content (AvgIpc) is 2.80. The Bertz CT molecular complexity index is 631. The number of benzene rings is 1. The van der Waals surface area contributed by atoms with Crippen molar-refractivity contribution in [3.8, 4) is 0 Å². The maximum absolute atomic E-state index is 12.1. The van der Waals surface area contributed by atoms with E-state index in [0.29, 0.717) is 24.3 Å². The van der Waals surface area contributed by atoms with Gasteiger partial charge in [0.25, 0.3) is 11.8 Å². The Morgan fingerprint density at radius 3 is 2.15 bits per heavy atom. The number of rotatable bonds is 8. The van der Waals surface area contributed by atoms with Crippen molar-refractivity contribution in [3.05, 3.63) is 35.4 Å². The molecule has 0 aromatic heterocycles. The third-order valence-electron chi connectivity index (χ3n) is 3.72. The fourth-order valence-electron chi connectivity index (χ4n) is 2.53. The lowest BCUT2D eigenvalue weighted by Crippen LogP contribution is -2.33. The van der Waals surface area contributed by atoms with Gasteiger partial charge in [-0.05, 0) is 45.7 Å². The smallest absolute Gasteiger partial charge is 0.407 e. The molecule has 0 fully saturated rings. The van der Waals surface area contributed by atoms with Crippen LogP contribution in [0.3, 0.4) is 0 Å². The predicted octanol–water partition coefficient (Wildman–Crippen LogP) is 3.30. The van der Waals surface area contributed by atoms with Crippen LogP contribution < -0.4 is 5.32 Å². The SMILES string of the molecule is CC(C)(C)OC(=O)NCCCCCCON1C(=O)c2ccccc2C1=O. The van der Waals surface area contributed by atoms with Crippen LogP contribution in [0.15, 0.2) is 24.3 Å². The molecule has 1 aliphatic rings. The molecule has 0 unspecified atom stereocenters. The Balaban J connectivity index is 1.56. The van der Waals surface area contributed by atoms with E-state index < -0.39 is 23.5 Å². The van der Waals surface area contributed by atoms with E-state index in [0.717, 1.165) is 30.7 Å². The minimum Gasteiger partial charge on any atom is -0.444 e. The van der Waals surface area contributed by atoms with E-state index in [9.17, 15) is 14.4 Å². The monoisotopic (exact) mass is 362 g/mol. The summed E-state index contributed by atoms with van der Waals surface area (Å²) in [5.41, 5.74) is 0.266. The molecule has 1 N–H and O–H groups in total. The van der Waals surface area contributed by atoms with Gasteiger partial charge >= 0.3 is 6.09 Å². The molecule has 0 saturated carbocycles. The predicted molar refractivity (Wildman–Crippen MR) is 95.6 cm³/mol. The summed E-state index contributed by atoms with van der Waals surface area (Å²) in [6.45, 7) is 6.31. The molecule has 1 aromatic carbocycles. The first kappa shape index (κ1) is 19.9. The van der Waals surface area contributed by atoms with Gasteiger partial charge in [-0.2, -0.15) is 0 Å².